The normalized spacial score (nSPS) is 17.9. The highest BCUT2D eigenvalue weighted by Gasteiger charge is 2.29. The van der Waals surface area contributed by atoms with Crippen LogP contribution >= 0.6 is 47.5 Å². The molecule has 0 bridgehead atoms. The number of thioether (sulfide) groups is 2. The number of nitrogens with zero attached hydrogens (tertiary/aromatic N) is 3. The van der Waals surface area contributed by atoms with Crippen LogP contribution in [0.2, 0.25) is 0 Å². The Morgan fingerprint density at radius 3 is 2.32 bits per heavy atom. The number of hydrogen-bond acceptors (Lipinski definition) is 5. The van der Waals surface area contributed by atoms with Crippen LogP contribution in [0.4, 0.5) is 17.1 Å². The molecule has 1 atom stereocenters. The molecule has 3 aromatic carbocycles. The van der Waals surface area contributed by atoms with Crippen molar-refractivity contribution in [2.45, 2.75) is 10.3 Å². The summed E-state index contributed by atoms with van der Waals surface area (Å²) in [5.74, 6) is 1.04. The molecular formula is C28H30IN3S2. The summed E-state index contributed by atoms with van der Waals surface area (Å²) in [4.78, 5) is 8.38. The standard InChI is InChI=1S/C28H29N3S2.HI/c1-29(2)17-18-32-28-20-21(19-27-30(3)25-15-9-10-16-26(25)33-27)23-13-7-8-14-24(23)31(28)22-11-5-4-6-12-22;/h4-16,19-20,27H,17-18H2,1-3H3;1H. The van der Waals surface area contributed by atoms with E-state index in [1.165, 1.54) is 38.1 Å². The number of likely N-dealkylation sites (N-methyl/N-ethyl adjacent to an activating group) is 1. The van der Waals surface area contributed by atoms with Crippen LogP contribution in [-0.2, 0) is 0 Å². The minimum Gasteiger partial charge on any atom is -0.358 e. The minimum absolute atomic E-state index is 0. The Labute approximate surface area is 228 Å². The molecule has 176 valence electrons. The first-order chi connectivity index (χ1) is 16.1. The van der Waals surface area contributed by atoms with Crippen molar-refractivity contribution in [3.05, 3.63) is 102 Å². The van der Waals surface area contributed by atoms with Crippen LogP contribution in [0, 0.1) is 0 Å². The fourth-order valence-corrected chi connectivity index (χ4v) is 6.67. The number of halogens is 1. The van der Waals surface area contributed by atoms with E-state index in [9.17, 15) is 0 Å². The Morgan fingerprint density at radius 1 is 0.912 bits per heavy atom. The van der Waals surface area contributed by atoms with Gasteiger partial charge in [-0.05, 0) is 62.2 Å². The fourth-order valence-electron chi connectivity index (χ4n) is 4.22. The second-order valence-electron chi connectivity index (χ2n) is 8.53. The third-order valence-electron chi connectivity index (χ3n) is 5.95. The molecule has 2 aliphatic rings. The quantitative estimate of drug-likeness (QED) is 0.270. The van der Waals surface area contributed by atoms with E-state index < -0.39 is 0 Å². The van der Waals surface area contributed by atoms with E-state index in [1.54, 1.807) is 0 Å². The summed E-state index contributed by atoms with van der Waals surface area (Å²) in [5.41, 5.74) is 6.33. The molecule has 1 unspecified atom stereocenters. The predicted octanol–water partition coefficient (Wildman–Crippen LogP) is 7.54. The topological polar surface area (TPSA) is 9.72 Å². The van der Waals surface area contributed by atoms with Crippen LogP contribution in [0.3, 0.4) is 0 Å². The van der Waals surface area contributed by atoms with Crippen molar-refractivity contribution in [1.82, 2.24) is 4.90 Å². The lowest BCUT2D eigenvalue weighted by atomic mass is 9.98. The Kier molecular flexibility index (Phi) is 8.34. The molecule has 5 rings (SSSR count). The van der Waals surface area contributed by atoms with E-state index in [0.717, 1.165) is 12.3 Å². The summed E-state index contributed by atoms with van der Waals surface area (Å²) in [6.07, 6.45) is 4.81. The van der Waals surface area contributed by atoms with Gasteiger partial charge in [-0.2, -0.15) is 0 Å². The summed E-state index contributed by atoms with van der Waals surface area (Å²) in [7, 11) is 6.47. The lowest BCUT2D eigenvalue weighted by Gasteiger charge is -2.34. The van der Waals surface area contributed by atoms with Gasteiger partial charge < -0.3 is 14.7 Å². The highest BCUT2D eigenvalue weighted by atomic mass is 127. The first-order valence-corrected chi connectivity index (χ1v) is 13.1. The van der Waals surface area contributed by atoms with Crippen molar-refractivity contribution >= 4 is 70.1 Å². The van der Waals surface area contributed by atoms with Crippen molar-refractivity contribution < 1.29 is 0 Å². The molecule has 0 N–H and O–H groups in total. The lowest BCUT2D eigenvalue weighted by Crippen LogP contribution is -2.24. The van der Waals surface area contributed by atoms with Gasteiger partial charge in [-0.3, -0.25) is 0 Å². The third-order valence-corrected chi connectivity index (χ3v) is 8.23. The molecular weight excluding hydrogens is 569 g/mol. The smallest absolute Gasteiger partial charge is 0.0988 e. The summed E-state index contributed by atoms with van der Waals surface area (Å²) in [6.45, 7) is 1.04. The van der Waals surface area contributed by atoms with Gasteiger partial charge in [-0.1, -0.05) is 60.3 Å². The molecule has 0 amide bonds. The number of hydrogen-bond donors (Lipinski definition) is 0. The third kappa shape index (κ3) is 5.20. The molecule has 0 saturated carbocycles. The monoisotopic (exact) mass is 599 g/mol. The van der Waals surface area contributed by atoms with Crippen LogP contribution < -0.4 is 9.80 Å². The molecule has 0 aromatic heterocycles. The highest BCUT2D eigenvalue weighted by Crippen LogP contribution is 2.47. The van der Waals surface area contributed by atoms with Gasteiger partial charge >= 0.3 is 0 Å². The van der Waals surface area contributed by atoms with Crippen LogP contribution in [0.15, 0.2) is 101 Å². The molecule has 34 heavy (non-hydrogen) atoms. The molecule has 0 radical (unpaired) electrons. The van der Waals surface area contributed by atoms with Gasteiger partial charge in [0.1, 0.15) is 0 Å². The van der Waals surface area contributed by atoms with Crippen LogP contribution in [0.25, 0.3) is 5.57 Å². The molecule has 3 nitrogen and oxygen atoms in total. The molecule has 3 aromatic rings. The number of allylic oxidation sites excluding steroid dienone is 2. The fraction of sp³-hybridized carbons (Fsp3) is 0.214. The Morgan fingerprint density at radius 2 is 1.59 bits per heavy atom. The second-order valence-corrected chi connectivity index (χ2v) is 10.8. The molecule has 0 aliphatic carbocycles. The molecule has 0 saturated heterocycles. The number of benzene rings is 3. The number of fused-ring (bicyclic) bond motifs is 2. The Balaban J connectivity index is 0.00000274. The summed E-state index contributed by atoms with van der Waals surface area (Å²) in [6, 6.07) is 28.2. The van der Waals surface area contributed by atoms with Gasteiger partial charge in [0.2, 0.25) is 0 Å². The average molecular weight is 600 g/mol. The maximum absolute atomic E-state index is 2.43. The van der Waals surface area contributed by atoms with Crippen LogP contribution in [0.1, 0.15) is 5.56 Å². The van der Waals surface area contributed by atoms with Gasteiger partial charge in [0.05, 0.1) is 21.8 Å². The van der Waals surface area contributed by atoms with E-state index in [1.807, 2.05) is 23.5 Å². The maximum atomic E-state index is 2.43. The molecule has 0 fully saturated rings. The van der Waals surface area contributed by atoms with Crippen LogP contribution in [0.5, 0.6) is 0 Å². The van der Waals surface area contributed by atoms with Crippen molar-refractivity contribution in [2.75, 3.05) is 43.2 Å². The first-order valence-electron chi connectivity index (χ1n) is 11.3. The zero-order chi connectivity index (χ0) is 22.8. The van der Waals surface area contributed by atoms with E-state index in [4.69, 9.17) is 0 Å². The van der Waals surface area contributed by atoms with E-state index in [-0.39, 0.29) is 29.4 Å². The Bertz CT molecular complexity index is 1190. The van der Waals surface area contributed by atoms with Crippen molar-refractivity contribution in [3.8, 4) is 0 Å². The zero-order valence-corrected chi connectivity index (χ0v) is 23.7. The van der Waals surface area contributed by atoms with Crippen molar-refractivity contribution in [2.24, 2.45) is 0 Å². The molecule has 6 heteroatoms. The minimum atomic E-state index is 0. The van der Waals surface area contributed by atoms with Gasteiger partial charge in [0.15, 0.2) is 0 Å². The first kappa shape index (κ1) is 25.2. The lowest BCUT2D eigenvalue weighted by molar-refractivity contribution is 0.437. The van der Waals surface area contributed by atoms with Gasteiger partial charge in [-0.25, -0.2) is 0 Å². The SMILES string of the molecule is CN(C)CCSC1=CC(=CC2Sc3ccccc3N2C)c2ccccc2N1c1ccccc1.I. The molecule has 2 heterocycles. The van der Waals surface area contributed by atoms with Gasteiger partial charge in [0.25, 0.3) is 0 Å². The van der Waals surface area contributed by atoms with E-state index >= 15 is 0 Å². The predicted molar refractivity (Wildman–Crippen MR) is 162 cm³/mol. The van der Waals surface area contributed by atoms with Gasteiger partial charge in [-0.15, -0.1) is 35.7 Å². The largest absolute Gasteiger partial charge is 0.358 e. The summed E-state index contributed by atoms with van der Waals surface area (Å²) in [5, 5.41) is 1.55. The van der Waals surface area contributed by atoms with Gasteiger partial charge in [0, 0.05) is 35.5 Å². The maximum Gasteiger partial charge on any atom is 0.0988 e. The number of rotatable bonds is 6. The van der Waals surface area contributed by atoms with Crippen molar-refractivity contribution in [3.63, 3.8) is 0 Å². The van der Waals surface area contributed by atoms with E-state index in [0.29, 0.717) is 0 Å². The van der Waals surface area contributed by atoms with E-state index in [2.05, 4.69) is 127 Å². The second kappa shape index (κ2) is 11.2. The zero-order valence-electron chi connectivity index (χ0n) is 19.7. The molecule has 2 aliphatic heterocycles. The van der Waals surface area contributed by atoms with Crippen LogP contribution in [-0.4, -0.2) is 43.7 Å². The molecule has 0 spiro atoms. The number of para-hydroxylation sites is 3. The Hall–Kier alpha value is -1.87. The number of anilines is 3. The summed E-state index contributed by atoms with van der Waals surface area (Å²) >= 11 is 3.85. The summed E-state index contributed by atoms with van der Waals surface area (Å²) < 4.78 is 0. The average Bonchev–Trinajstić information content (AvgIpc) is 3.15. The van der Waals surface area contributed by atoms with Crippen molar-refractivity contribution in [1.29, 1.82) is 0 Å². The highest BCUT2D eigenvalue weighted by molar-refractivity contribution is 14.0.